The number of halogens is 1. The van der Waals surface area contributed by atoms with Gasteiger partial charge in [0.25, 0.3) is 5.69 Å². The zero-order valence-corrected chi connectivity index (χ0v) is 10.6. The average molecular weight is 257 g/mol. The van der Waals surface area contributed by atoms with E-state index in [1.165, 1.54) is 12.8 Å². The molecule has 0 amide bonds. The number of benzene rings is 1. The predicted molar refractivity (Wildman–Crippen MR) is 69.4 cm³/mol. The molecule has 2 N–H and O–H groups in total. The van der Waals surface area contributed by atoms with Crippen molar-refractivity contribution in [2.45, 2.75) is 32.2 Å². The summed E-state index contributed by atoms with van der Waals surface area (Å²) in [6, 6.07) is 5.23. The molecule has 1 fully saturated rings. The fourth-order valence-corrected chi connectivity index (χ4v) is 1.90. The normalized spacial score (nSPS) is 16.1. The van der Waals surface area contributed by atoms with Crippen molar-refractivity contribution < 1.29 is 4.92 Å². The summed E-state index contributed by atoms with van der Waals surface area (Å²) in [4.78, 5) is 10.5. The van der Waals surface area contributed by atoms with Gasteiger partial charge in [0.05, 0.1) is 4.92 Å². The van der Waals surface area contributed by atoms with E-state index in [4.69, 9.17) is 5.73 Å². The number of aryl methyl sites for hydroxylation is 1. The molecule has 1 saturated carbocycles. The van der Waals surface area contributed by atoms with Gasteiger partial charge in [-0.15, -0.1) is 12.4 Å². The molecule has 0 spiro atoms. The summed E-state index contributed by atoms with van der Waals surface area (Å²) in [6.07, 6.45) is 3.45. The molecule has 1 aliphatic carbocycles. The predicted octanol–water partition coefficient (Wildman–Crippen LogP) is 3.12. The highest BCUT2D eigenvalue weighted by molar-refractivity contribution is 5.85. The smallest absolute Gasteiger partial charge is 0.272 e. The summed E-state index contributed by atoms with van der Waals surface area (Å²) in [6.45, 7) is 1.74. The molecule has 1 aromatic carbocycles. The minimum absolute atomic E-state index is 0. The molecule has 5 heteroatoms. The molecule has 1 aliphatic rings. The van der Waals surface area contributed by atoms with Crippen molar-refractivity contribution in [2.75, 3.05) is 0 Å². The van der Waals surface area contributed by atoms with Crippen LogP contribution in [0.3, 0.4) is 0 Å². The Balaban J connectivity index is 0.00000144. The standard InChI is InChI=1S/C12H16N2O2.ClH/c1-8-2-5-10(7-12(8)14(15)16)11(13)6-9-3-4-9;/h2,5,7,9,11H,3-4,6,13H2,1H3;1H/t11-;/m0./s1. The second-order valence-corrected chi connectivity index (χ2v) is 4.59. The van der Waals surface area contributed by atoms with Gasteiger partial charge < -0.3 is 5.73 Å². The van der Waals surface area contributed by atoms with E-state index in [1.807, 2.05) is 6.07 Å². The Hall–Kier alpha value is -1.13. The number of nitro benzene ring substituents is 1. The maximum atomic E-state index is 10.8. The van der Waals surface area contributed by atoms with Crippen molar-refractivity contribution in [1.29, 1.82) is 0 Å². The first-order chi connectivity index (χ1) is 7.58. The lowest BCUT2D eigenvalue weighted by molar-refractivity contribution is -0.385. The molecule has 0 heterocycles. The molecular formula is C12H17ClN2O2. The monoisotopic (exact) mass is 256 g/mol. The van der Waals surface area contributed by atoms with E-state index in [0.29, 0.717) is 5.56 Å². The molecule has 0 aliphatic heterocycles. The summed E-state index contributed by atoms with van der Waals surface area (Å²) in [7, 11) is 0. The minimum Gasteiger partial charge on any atom is -0.324 e. The number of hydrogen-bond donors (Lipinski definition) is 1. The molecule has 17 heavy (non-hydrogen) atoms. The lowest BCUT2D eigenvalue weighted by Crippen LogP contribution is -2.11. The molecule has 0 unspecified atom stereocenters. The van der Waals surface area contributed by atoms with Gasteiger partial charge in [-0.2, -0.15) is 0 Å². The first-order valence-corrected chi connectivity index (χ1v) is 5.58. The van der Waals surface area contributed by atoms with Crippen molar-refractivity contribution in [3.8, 4) is 0 Å². The van der Waals surface area contributed by atoms with Crippen LogP contribution in [0.15, 0.2) is 18.2 Å². The number of hydrogen-bond acceptors (Lipinski definition) is 3. The number of nitro groups is 1. The van der Waals surface area contributed by atoms with Crippen LogP contribution in [0.2, 0.25) is 0 Å². The maximum absolute atomic E-state index is 10.8. The molecule has 1 atom stereocenters. The van der Waals surface area contributed by atoms with Crippen LogP contribution >= 0.6 is 12.4 Å². The molecule has 2 rings (SSSR count). The summed E-state index contributed by atoms with van der Waals surface area (Å²) >= 11 is 0. The van der Waals surface area contributed by atoms with Crippen molar-refractivity contribution >= 4 is 18.1 Å². The summed E-state index contributed by atoms with van der Waals surface area (Å²) < 4.78 is 0. The number of nitrogens with zero attached hydrogens (tertiary/aromatic N) is 1. The Morgan fingerprint density at radius 2 is 2.18 bits per heavy atom. The first kappa shape index (κ1) is 13.9. The maximum Gasteiger partial charge on any atom is 0.272 e. The molecule has 0 saturated heterocycles. The van der Waals surface area contributed by atoms with Gasteiger partial charge in [0.15, 0.2) is 0 Å². The Kier molecular flexibility index (Phi) is 4.48. The van der Waals surface area contributed by atoms with Crippen LogP contribution in [-0.2, 0) is 0 Å². The molecule has 1 aromatic rings. The number of rotatable bonds is 4. The van der Waals surface area contributed by atoms with E-state index >= 15 is 0 Å². The third kappa shape index (κ3) is 3.41. The van der Waals surface area contributed by atoms with Crippen LogP contribution in [0, 0.1) is 23.0 Å². The molecule has 0 radical (unpaired) electrons. The minimum atomic E-state index is -0.345. The fourth-order valence-electron chi connectivity index (χ4n) is 1.90. The Morgan fingerprint density at radius 1 is 1.53 bits per heavy atom. The summed E-state index contributed by atoms with van der Waals surface area (Å²) in [5.41, 5.74) is 7.77. The lowest BCUT2D eigenvalue weighted by atomic mass is 10.00. The van der Waals surface area contributed by atoms with Gasteiger partial charge in [0.1, 0.15) is 0 Å². The van der Waals surface area contributed by atoms with Gasteiger partial charge in [0.2, 0.25) is 0 Å². The van der Waals surface area contributed by atoms with E-state index in [0.717, 1.165) is 17.9 Å². The van der Waals surface area contributed by atoms with Crippen LogP contribution in [0.5, 0.6) is 0 Å². The molecule has 4 nitrogen and oxygen atoms in total. The van der Waals surface area contributed by atoms with E-state index in [2.05, 4.69) is 0 Å². The summed E-state index contributed by atoms with van der Waals surface area (Å²) in [5, 5.41) is 10.8. The first-order valence-electron chi connectivity index (χ1n) is 5.58. The third-order valence-electron chi connectivity index (χ3n) is 3.14. The van der Waals surface area contributed by atoms with E-state index in [1.54, 1.807) is 19.1 Å². The van der Waals surface area contributed by atoms with Gasteiger partial charge in [-0.3, -0.25) is 10.1 Å². The van der Waals surface area contributed by atoms with Crippen molar-refractivity contribution in [3.63, 3.8) is 0 Å². The topological polar surface area (TPSA) is 69.2 Å². The van der Waals surface area contributed by atoms with Crippen molar-refractivity contribution in [3.05, 3.63) is 39.4 Å². The molecule has 94 valence electrons. The van der Waals surface area contributed by atoms with Crippen molar-refractivity contribution in [2.24, 2.45) is 11.7 Å². The zero-order chi connectivity index (χ0) is 11.7. The largest absolute Gasteiger partial charge is 0.324 e. The quantitative estimate of drug-likeness (QED) is 0.665. The molecule has 0 aromatic heterocycles. The Labute approximate surface area is 107 Å². The Bertz CT molecular complexity index is 419. The van der Waals surface area contributed by atoms with E-state index in [-0.39, 0.29) is 29.1 Å². The lowest BCUT2D eigenvalue weighted by Gasteiger charge is -2.11. The average Bonchev–Trinajstić information content (AvgIpc) is 3.01. The van der Waals surface area contributed by atoms with Crippen LogP contribution in [-0.4, -0.2) is 4.92 Å². The van der Waals surface area contributed by atoms with Gasteiger partial charge in [0, 0.05) is 17.7 Å². The van der Waals surface area contributed by atoms with E-state index in [9.17, 15) is 10.1 Å². The van der Waals surface area contributed by atoms with Crippen LogP contribution < -0.4 is 5.73 Å². The summed E-state index contributed by atoms with van der Waals surface area (Å²) in [5.74, 6) is 0.732. The van der Waals surface area contributed by atoms with Gasteiger partial charge >= 0.3 is 0 Å². The van der Waals surface area contributed by atoms with Crippen LogP contribution in [0.25, 0.3) is 0 Å². The second-order valence-electron chi connectivity index (χ2n) is 4.59. The van der Waals surface area contributed by atoms with Gasteiger partial charge in [-0.25, -0.2) is 0 Å². The Morgan fingerprint density at radius 3 is 2.71 bits per heavy atom. The highest BCUT2D eigenvalue weighted by Gasteiger charge is 2.25. The van der Waals surface area contributed by atoms with Crippen LogP contribution in [0.4, 0.5) is 5.69 Å². The van der Waals surface area contributed by atoms with Gasteiger partial charge in [-0.05, 0) is 24.8 Å². The second kappa shape index (κ2) is 5.47. The fraction of sp³-hybridized carbons (Fsp3) is 0.500. The van der Waals surface area contributed by atoms with Crippen LogP contribution in [0.1, 0.15) is 36.4 Å². The molecule has 0 bridgehead atoms. The SMILES string of the molecule is Cc1ccc([C@@H](N)CC2CC2)cc1[N+](=O)[O-].Cl. The van der Waals surface area contributed by atoms with E-state index < -0.39 is 0 Å². The molecular weight excluding hydrogens is 240 g/mol. The highest BCUT2D eigenvalue weighted by atomic mass is 35.5. The highest BCUT2D eigenvalue weighted by Crippen LogP contribution is 2.37. The third-order valence-corrected chi connectivity index (χ3v) is 3.14. The van der Waals surface area contributed by atoms with Crippen molar-refractivity contribution in [1.82, 2.24) is 0 Å². The number of nitrogens with two attached hydrogens (primary N) is 1. The zero-order valence-electron chi connectivity index (χ0n) is 9.76. The van der Waals surface area contributed by atoms with Gasteiger partial charge in [-0.1, -0.05) is 25.0 Å².